The summed E-state index contributed by atoms with van der Waals surface area (Å²) >= 11 is 1.45. The van der Waals surface area contributed by atoms with Crippen molar-refractivity contribution in [2.75, 3.05) is 16.9 Å². The number of anilines is 1. The Hall–Kier alpha value is -3.78. The lowest BCUT2D eigenvalue weighted by molar-refractivity contribution is -0.123. The molecular weight excluding hydrogens is 436 g/mol. The standard InChI is InChI=1S/C25H22N4O3S/c1-15-8-10-19(11-9-15)28-13-18(12-20(28)30)23(31)27-29-14-26-24-22(25(29)32)21(16(2)33-24)17-6-4-3-5-7-17/h3-11,14,18H,12-13H2,1-2H3,(H,27,31). The smallest absolute Gasteiger partial charge is 0.281 e. The minimum absolute atomic E-state index is 0.0942. The van der Waals surface area contributed by atoms with Crippen molar-refractivity contribution < 1.29 is 9.59 Å². The second kappa shape index (κ2) is 8.29. The fraction of sp³-hybridized carbons (Fsp3) is 0.200. The third kappa shape index (κ3) is 3.82. The van der Waals surface area contributed by atoms with Gasteiger partial charge in [0.1, 0.15) is 11.2 Å². The van der Waals surface area contributed by atoms with Gasteiger partial charge in [0.05, 0.1) is 11.3 Å². The minimum Gasteiger partial charge on any atom is -0.312 e. The molecule has 1 unspecified atom stereocenters. The number of rotatable bonds is 4. The third-order valence-electron chi connectivity index (χ3n) is 5.92. The number of thiophene rings is 1. The SMILES string of the molecule is Cc1ccc(N2CC(C(=O)Nn3cnc4sc(C)c(-c5ccccc5)c4c3=O)CC2=O)cc1. The predicted octanol–water partition coefficient (Wildman–Crippen LogP) is 3.87. The van der Waals surface area contributed by atoms with Gasteiger partial charge in [-0.25, -0.2) is 9.66 Å². The van der Waals surface area contributed by atoms with Crippen LogP contribution < -0.4 is 15.9 Å². The molecule has 0 aliphatic carbocycles. The maximum absolute atomic E-state index is 13.3. The summed E-state index contributed by atoms with van der Waals surface area (Å²) in [6, 6.07) is 17.3. The van der Waals surface area contributed by atoms with E-state index in [1.807, 2.05) is 68.4 Å². The third-order valence-corrected chi connectivity index (χ3v) is 6.94. The van der Waals surface area contributed by atoms with Crippen LogP contribution >= 0.6 is 11.3 Å². The largest absolute Gasteiger partial charge is 0.312 e. The number of fused-ring (bicyclic) bond motifs is 1. The van der Waals surface area contributed by atoms with Gasteiger partial charge in [0.2, 0.25) is 11.8 Å². The highest BCUT2D eigenvalue weighted by molar-refractivity contribution is 7.19. The van der Waals surface area contributed by atoms with E-state index in [4.69, 9.17) is 0 Å². The van der Waals surface area contributed by atoms with Gasteiger partial charge in [-0.3, -0.25) is 19.8 Å². The number of aryl methyl sites for hydroxylation is 2. The van der Waals surface area contributed by atoms with Crippen molar-refractivity contribution >= 4 is 39.1 Å². The highest BCUT2D eigenvalue weighted by Gasteiger charge is 2.35. The van der Waals surface area contributed by atoms with E-state index in [0.29, 0.717) is 10.2 Å². The zero-order valence-corrected chi connectivity index (χ0v) is 19.1. The first kappa shape index (κ1) is 21.1. The van der Waals surface area contributed by atoms with Gasteiger partial charge in [-0.1, -0.05) is 48.0 Å². The summed E-state index contributed by atoms with van der Waals surface area (Å²) in [5.41, 5.74) is 5.95. The summed E-state index contributed by atoms with van der Waals surface area (Å²) in [6.07, 6.45) is 1.43. The van der Waals surface area contributed by atoms with Crippen LogP contribution in [-0.4, -0.2) is 28.0 Å². The molecule has 0 bridgehead atoms. The summed E-state index contributed by atoms with van der Waals surface area (Å²) in [7, 11) is 0. The van der Waals surface area contributed by atoms with E-state index >= 15 is 0 Å². The Kier molecular flexibility index (Phi) is 5.30. The number of carbonyl (C=O) groups is 2. The first-order chi connectivity index (χ1) is 15.9. The van der Waals surface area contributed by atoms with E-state index in [0.717, 1.165) is 31.9 Å². The second-order valence-electron chi connectivity index (χ2n) is 8.22. The molecule has 4 aromatic rings. The van der Waals surface area contributed by atoms with Gasteiger partial charge in [-0.15, -0.1) is 11.3 Å². The van der Waals surface area contributed by atoms with Crippen molar-refractivity contribution in [1.29, 1.82) is 0 Å². The van der Waals surface area contributed by atoms with Crippen LogP contribution in [0.25, 0.3) is 21.3 Å². The first-order valence-corrected chi connectivity index (χ1v) is 11.5. The number of nitrogens with zero attached hydrogens (tertiary/aromatic N) is 3. The highest BCUT2D eigenvalue weighted by atomic mass is 32.1. The van der Waals surface area contributed by atoms with E-state index in [1.165, 1.54) is 17.7 Å². The highest BCUT2D eigenvalue weighted by Crippen LogP contribution is 2.35. The topological polar surface area (TPSA) is 84.3 Å². The van der Waals surface area contributed by atoms with Crippen LogP contribution in [0.15, 0.2) is 65.7 Å². The number of amides is 2. The summed E-state index contributed by atoms with van der Waals surface area (Å²) < 4.78 is 1.13. The van der Waals surface area contributed by atoms with Crippen molar-refractivity contribution in [1.82, 2.24) is 9.66 Å². The molecule has 1 fully saturated rings. The monoisotopic (exact) mass is 458 g/mol. The van der Waals surface area contributed by atoms with Crippen LogP contribution in [0.2, 0.25) is 0 Å². The molecule has 166 valence electrons. The van der Waals surface area contributed by atoms with E-state index in [9.17, 15) is 14.4 Å². The molecule has 33 heavy (non-hydrogen) atoms. The van der Waals surface area contributed by atoms with Crippen LogP contribution in [0.3, 0.4) is 0 Å². The molecule has 1 N–H and O–H groups in total. The predicted molar refractivity (Wildman–Crippen MR) is 130 cm³/mol. The Morgan fingerprint density at radius 1 is 1.06 bits per heavy atom. The molecular formula is C25H22N4O3S. The Labute approximate surface area is 194 Å². The molecule has 3 heterocycles. The number of carbonyl (C=O) groups excluding carboxylic acids is 2. The lowest BCUT2D eigenvalue weighted by Crippen LogP contribution is -2.37. The van der Waals surface area contributed by atoms with Gasteiger partial charge in [0.15, 0.2) is 0 Å². The van der Waals surface area contributed by atoms with Gasteiger partial charge >= 0.3 is 0 Å². The van der Waals surface area contributed by atoms with Crippen molar-refractivity contribution in [2.45, 2.75) is 20.3 Å². The molecule has 1 atom stereocenters. The maximum Gasteiger partial charge on any atom is 0.281 e. The Morgan fingerprint density at radius 2 is 1.79 bits per heavy atom. The van der Waals surface area contributed by atoms with Crippen molar-refractivity contribution in [3.8, 4) is 11.1 Å². The van der Waals surface area contributed by atoms with Crippen molar-refractivity contribution in [3.05, 3.63) is 81.7 Å². The van der Waals surface area contributed by atoms with Crippen molar-refractivity contribution in [3.63, 3.8) is 0 Å². The van der Waals surface area contributed by atoms with Gasteiger partial charge in [0.25, 0.3) is 5.56 Å². The summed E-state index contributed by atoms with van der Waals surface area (Å²) in [4.78, 5) is 46.4. The summed E-state index contributed by atoms with van der Waals surface area (Å²) in [6.45, 7) is 4.21. The van der Waals surface area contributed by atoms with E-state index < -0.39 is 5.92 Å². The number of benzene rings is 2. The fourth-order valence-electron chi connectivity index (χ4n) is 4.20. The van der Waals surface area contributed by atoms with Crippen LogP contribution in [0.1, 0.15) is 16.9 Å². The van der Waals surface area contributed by atoms with Gasteiger partial charge in [0, 0.05) is 29.1 Å². The number of nitrogens with one attached hydrogen (secondary N) is 1. The van der Waals surface area contributed by atoms with Crippen LogP contribution in [-0.2, 0) is 9.59 Å². The van der Waals surface area contributed by atoms with Gasteiger partial charge in [-0.2, -0.15) is 0 Å². The molecule has 5 rings (SSSR count). The number of hydrogen-bond donors (Lipinski definition) is 1. The molecule has 0 radical (unpaired) electrons. The summed E-state index contributed by atoms with van der Waals surface area (Å²) in [5.74, 6) is -1.05. The molecule has 8 heteroatoms. The molecule has 2 aromatic carbocycles. The normalized spacial score (nSPS) is 15.9. The van der Waals surface area contributed by atoms with Crippen LogP contribution in [0, 0.1) is 19.8 Å². The lowest BCUT2D eigenvalue weighted by atomic mass is 10.0. The average Bonchev–Trinajstić information content (AvgIpc) is 3.37. The fourth-order valence-corrected chi connectivity index (χ4v) is 5.21. The molecule has 1 saturated heterocycles. The van der Waals surface area contributed by atoms with E-state index in [1.54, 1.807) is 4.90 Å². The molecule has 7 nitrogen and oxygen atoms in total. The second-order valence-corrected chi connectivity index (χ2v) is 9.42. The molecule has 2 amide bonds. The maximum atomic E-state index is 13.3. The Bertz CT molecular complexity index is 1420. The van der Waals surface area contributed by atoms with E-state index in [2.05, 4.69) is 10.4 Å². The van der Waals surface area contributed by atoms with Crippen molar-refractivity contribution in [2.24, 2.45) is 5.92 Å². The minimum atomic E-state index is -0.556. The number of aromatic nitrogens is 2. The lowest BCUT2D eigenvalue weighted by Gasteiger charge is -2.17. The van der Waals surface area contributed by atoms with Gasteiger partial charge < -0.3 is 4.90 Å². The average molecular weight is 459 g/mol. The molecule has 0 spiro atoms. The number of hydrogen-bond acceptors (Lipinski definition) is 5. The van der Waals surface area contributed by atoms with E-state index in [-0.39, 0.29) is 30.3 Å². The zero-order chi connectivity index (χ0) is 23.1. The van der Waals surface area contributed by atoms with Gasteiger partial charge in [-0.05, 0) is 31.5 Å². The molecule has 2 aromatic heterocycles. The Morgan fingerprint density at radius 3 is 2.52 bits per heavy atom. The quantitative estimate of drug-likeness (QED) is 0.503. The Balaban J connectivity index is 1.42. The summed E-state index contributed by atoms with van der Waals surface area (Å²) in [5, 5.41) is 0.482. The first-order valence-electron chi connectivity index (χ1n) is 10.7. The molecule has 1 aliphatic rings. The molecule has 0 saturated carbocycles. The van der Waals surface area contributed by atoms with Crippen LogP contribution in [0.4, 0.5) is 5.69 Å². The molecule has 1 aliphatic heterocycles. The zero-order valence-electron chi connectivity index (χ0n) is 18.2. The van der Waals surface area contributed by atoms with Crippen LogP contribution in [0.5, 0.6) is 0 Å².